The van der Waals surface area contributed by atoms with Gasteiger partial charge in [-0.15, -0.1) is 0 Å². The highest BCUT2D eigenvalue weighted by Gasteiger charge is 2.31. The minimum atomic E-state index is -4.56. The molecule has 0 aliphatic rings. The number of aromatic nitrogens is 2. The van der Waals surface area contributed by atoms with Crippen LogP contribution < -0.4 is 10.9 Å². The van der Waals surface area contributed by atoms with Crippen LogP contribution in [-0.2, 0) is 11.0 Å². The number of nitrogens with zero attached hydrogens (tertiary/aromatic N) is 2. The van der Waals surface area contributed by atoms with Gasteiger partial charge in [-0.3, -0.25) is 9.59 Å². The maximum atomic E-state index is 12.7. The molecule has 0 radical (unpaired) electrons. The Morgan fingerprint density at radius 3 is 2.58 bits per heavy atom. The summed E-state index contributed by atoms with van der Waals surface area (Å²) in [5, 5.41) is 6.19. The first-order chi connectivity index (χ1) is 11.1. The molecule has 0 aliphatic heterocycles. The average molecular weight is 360 g/mol. The largest absolute Gasteiger partial charge is 0.416 e. The molecule has 1 aromatic carbocycles. The molecule has 1 unspecified atom stereocenters. The summed E-state index contributed by atoms with van der Waals surface area (Å²) in [6.07, 6.45) is -4.56. The molecule has 9 heteroatoms. The average Bonchev–Trinajstić information content (AvgIpc) is 2.50. The molecule has 128 valence electrons. The molecule has 0 saturated heterocycles. The standard InChI is InChI=1S/C15H13ClF3N3O2/c1-8-3-6-13(23)22(21-8)9(2)14(24)20-12-7-10(15(17,18)19)4-5-11(12)16/h3-7,9H,1-2H3,(H,20,24). The number of carbonyl (C=O) groups is 1. The lowest BCUT2D eigenvalue weighted by Crippen LogP contribution is -2.33. The number of benzene rings is 1. The predicted octanol–water partition coefficient (Wildman–Crippen LogP) is 3.42. The number of nitrogens with one attached hydrogen (secondary N) is 1. The molecule has 0 fully saturated rings. The summed E-state index contributed by atoms with van der Waals surface area (Å²) in [7, 11) is 0. The fraction of sp³-hybridized carbons (Fsp3) is 0.267. The third-order valence-electron chi connectivity index (χ3n) is 3.26. The molecule has 1 N–H and O–H groups in total. The fourth-order valence-electron chi connectivity index (χ4n) is 1.94. The molecule has 0 aliphatic carbocycles. The van der Waals surface area contributed by atoms with Crippen molar-refractivity contribution in [1.29, 1.82) is 0 Å². The predicted molar refractivity (Wildman–Crippen MR) is 83.0 cm³/mol. The van der Waals surface area contributed by atoms with Crippen molar-refractivity contribution in [2.75, 3.05) is 5.32 Å². The number of hydrogen-bond acceptors (Lipinski definition) is 3. The number of anilines is 1. The number of hydrogen-bond donors (Lipinski definition) is 1. The van der Waals surface area contributed by atoms with Gasteiger partial charge in [0, 0.05) is 6.07 Å². The van der Waals surface area contributed by atoms with Crippen LogP contribution in [0.2, 0.25) is 5.02 Å². The summed E-state index contributed by atoms with van der Waals surface area (Å²) < 4.78 is 39.2. The summed E-state index contributed by atoms with van der Waals surface area (Å²) in [5.41, 5.74) is -1.12. The highest BCUT2D eigenvalue weighted by molar-refractivity contribution is 6.33. The lowest BCUT2D eigenvalue weighted by Gasteiger charge is -2.16. The van der Waals surface area contributed by atoms with Gasteiger partial charge in [0.15, 0.2) is 0 Å². The van der Waals surface area contributed by atoms with E-state index in [1.807, 2.05) is 0 Å². The molecule has 1 heterocycles. The Bertz CT molecular complexity index is 833. The smallest absolute Gasteiger partial charge is 0.323 e. The SMILES string of the molecule is Cc1ccc(=O)n(C(C)C(=O)Nc2cc(C(F)(F)F)ccc2Cl)n1. The molecule has 5 nitrogen and oxygen atoms in total. The molecule has 1 aromatic heterocycles. The van der Waals surface area contributed by atoms with Crippen LogP contribution in [0.5, 0.6) is 0 Å². The lowest BCUT2D eigenvalue weighted by atomic mass is 10.2. The van der Waals surface area contributed by atoms with Crippen molar-refractivity contribution in [3.63, 3.8) is 0 Å². The zero-order valence-corrected chi connectivity index (χ0v) is 13.4. The van der Waals surface area contributed by atoms with E-state index >= 15 is 0 Å². The van der Waals surface area contributed by atoms with E-state index in [1.54, 1.807) is 6.92 Å². The first-order valence-electron chi connectivity index (χ1n) is 6.83. The molecule has 2 rings (SSSR count). The second-order valence-electron chi connectivity index (χ2n) is 5.12. The van der Waals surface area contributed by atoms with Gasteiger partial charge in [0.1, 0.15) is 6.04 Å². The van der Waals surface area contributed by atoms with Crippen LogP contribution in [0.1, 0.15) is 24.2 Å². The topological polar surface area (TPSA) is 64.0 Å². The Morgan fingerprint density at radius 2 is 1.96 bits per heavy atom. The van der Waals surface area contributed by atoms with Crippen LogP contribution in [0, 0.1) is 6.92 Å². The van der Waals surface area contributed by atoms with Gasteiger partial charge >= 0.3 is 6.18 Å². The number of halogens is 4. The number of rotatable bonds is 3. The minimum absolute atomic E-state index is 0.0481. The Hall–Kier alpha value is -2.35. The molecule has 0 spiro atoms. The van der Waals surface area contributed by atoms with Crippen LogP contribution in [0.25, 0.3) is 0 Å². The van der Waals surface area contributed by atoms with Crippen LogP contribution in [0.15, 0.2) is 35.1 Å². The van der Waals surface area contributed by atoms with Gasteiger partial charge < -0.3 is 5.32 Å². The highest BCUT2D eigenvalue weighted by Crippen LogP contribution is 2.34. The molecule has 0 bridgehead atoms. The quantitative estimate of drug-likeness (QED) is 0.913. The monoisotopic (exact) mass is 359 g/mol. The van der Waals surface area contributed by atoms with E-state index in [9.17, 15) is 22.8 Å². The fourth-order valence-corrected chi connectivity index (χ4v) is 2.11. The van der Waals surface area contributed by atoms with Gasteiger partial charge in [-0.2, -0.15) is 18.3 Å². The summed E-state index contributed by atoms with van der Waals surface area (Å²) in [6.45, 7) is 3.05. The Balaban J connectivity index is 2.29. The van der Waals surface area contributed by atoms with Crippen LogP contribution in [-0.4, -0.2) is 15.7 Å². The zero-order valence-electron chi connectivity index (χ0n) is 12.7. The maximum absolute atomic E-state index is 12.7. The van der Waals surface area contributed by atoms with Crippen LogP contribution in [0.3, 0.4) is 0 Å². The van der Waals surface area contributed by atoms with Crippen molar-refractivity contribution in [3.05, 3.63) is 57.0 Å². The van der Waals surface area contributed by atoms with E-state index in [-0.39, 0.29) is 10.7 Å². The van der Waals surface area contributed by atoms with Gasteiger partial charge in [0.05, 0.1) is 22.0 Å². The van der Waals surface area contributed by atoms with Gasteiger partial charge in [-0.05, 0) is 38.1 Å². The molecule has 24 heavy (non-hydrogen) atoms. The molecular formula is C15H13ClF3N3O2. The molecule has 1 amide bonds. The van der Waals surface area contributed by atoms with E-state index < -0.39 is 29.2 Å². The van der Waals surface area contributed by atoms with Crippen molar-refractivity contribution in [3.8, 4) is 0 Å². The van der Waals surface area contributed by atoms with E-state index in [2.05, 4.69) is 10.4 Å². The van der Waals surface area contributed by atoms with Gasteiger partial charge in [-0.25, -0.2) is 4.68 Å². The number of carbonyl (C=O) groups excluding carboxylic acids is 1. The van der Waals surface area contributed by atoms with E-state index in [1.165, 1.54) is 19.1 Å². The van der Waals surface area contributed by atoms with Crippen molar-refractivity contribution in [2.45, 2.75) is 26.1 Å². The van der Waals surface area contributed by atoms with Crippen LogP contribution >= 0.6 is 11.6 Å². The van der Waals surface area contributed by atoms with Crippen LogP contribution in [0.4, 0.5) is 18.9 Å². The van der Waals surface area contributed by atoms with Gasteiger partial charge in [0.25, 0.3) is 5.56 Å². The third-order valence-corrected chi connectivity index (χ3v) is 3.59. The first-order valence-corrected chi connectivity index (χ1v) is 7.21. The van der Waals surface area contributed by atoms with E-state index in [0.29, 0.717) is 5.69 Å². The summed E-state index contributed by atoms with van der Waals surface area (Å²) in [6, 6.07) is 4.31. The van der Waals surface area contributed by atoms with E-state index in [0.717, 1.165) is 22.9 Å². The number of alkyl halides is 3. The Kier molecular flexibility index (Phi) is 4.98. The maximum Gasteiger partial charge on any atom is 0.416 e. The van der Waals surface area contributed by atoms with E-state index in [4.69, 9.17) is 11.6 Å². The highest BCUT2D eigenvalue weighted by atomic mass is 35.5. The molecular weight excluding hydrogens is 347 g/mol. The van der Waals surface area contributed by atoms with Gasteiger partial charge in [0.2, 0.25) is 5.91 Å². The Labute approximate surface area is 140 Å². The van der Waals surface area contributed by atoms with Crippen molar-refractivity contribution < 1.29 is 18.0 Å². The third kappa shape index (κ3) is 3.94. The molecule has 2 aromatic rings. The van der Waals surface area contributed by atoms with Crippen molar-refractivity contribution >= 4 is 23.2 Å². The second kappa shape index (κ2) is 6.64. The second-order valence-corrected chi connectivity index (χ2v) is 5.52. The zero-order chi connectivity index (χ0) is 18.1. The molecule has 0 saturated carbocycles. The lowest BCUT2D eigenvalue weighted by molar-refractivity contribution is -0.137. The number of aryl methyl sites for hydroxylation is 1. The van der Waals surface area contributed by atoms with Gasteiger partial charge in [-0.1, -0.05) is 11.6 Å². The minimum Gasteiger partial charge on any atom is -0.323 e. The normalized spacial score (nSPS) is 12.8. The van der Waals surface area contributed by atoms with Crippen molar-refractivity contribution in [2.24, 2.45) is 0 Å². The number of amides is 1. The Morgan fingerprint density at radius 1 is 1.29 bits per heavy atom. The van der Waals surface area contributed by atoms with Crippen molar-refractivity contribution in [1.82, 2.24) is 9.78 Å². The first kappa shape index (κ1) is 18.0. The molecule has 1 atom stereocenters. The summed E-state index contributed by atoms with van der Waals surface area (Å²) >= 11 is 5.83. The summed E-state index contributed by atoms with van der Waals surface area (Å²) in [4.78, 5) is 24.0. The summed E-state index contributed by atoms with van der Waals surface area (Å²) in [5.74, 6) is -0.712.